The standard InChI is InChI=1S/C18H18ClIN2O2/c1-24-17-5-3-2-4-16(17)21-8-10-22(11-9-21)18(23)13-6-7-14(19)15(20)12-13/h2-7,12H,8-11H2,1H3. The van der Waals surface area contributed by atoms with Gasteiger partial charge in [-0.15, -0.1) is 0 Å². The smallest absolute Gasteiger partial charge is 0.254 e. The number of para-hydroxylation sites is 2. The van der Waals surface area contributed by atoms with Crippen molar-refractivity contribution < 1.29 is 9.53 Å². The normalized spacial score (nSPS) is 14.6. The molecule has 0 radical (unpaired) electrons. The minimum absolute atomic E-state index is 0.0595. The molecule has 6 heteroatoms. The van der Waals surface area contributed by atoms with Crippen LogP contribution in [0.4, 0.5) is 5.69 Å². The van der Waals surface area contributed by atoms with Gasteiger partial charge in [0.2, 0.25) is 0 Å². The molecule has 1 aliphatic rings. The van der Waals surface area contributed by atoms with Crippen molar-refractivity contribution in [2.45, 2.75) is 0 Å². The summed E-state index contributed by atoms with van der Waals surface area (Å²) in [7, 11) is 1.68. The van der Waals surface area contributed by atoms with Gasteiger partial charge in [-0.25, -0.2) is 0 Å². The number of anilines is 1. The molecule has 0 aliphatic carbocycles. The Hall–Kier alpha value is -1.47. The summed E-state index contributed by atoms with van der Waals surface area (Å²) in [6.07, 6.45) is 0. The molecule has 0 saturated carbocycles. The number of rotatable bonds is 3. The van der Waals surface area contributed by atoms with E-state index in [0.717, 1.165) is 28.1 Å². The van der Waals surface area contributed by atoms with E-state index in [-0.39, 0.29) is 5.91 Å². The molecule has 0 N–H and O–H groups in total. The van der Waals surface area contributed by atoms with Crippen molar-refractivity contribution >= 4 is 45.8 Å². The summed E-state index contributed by atoms with van der Waals surface area (Å²) in [5.41, 5.74) is 1.77. The Balaban J connectivity index is 1.68. The van der Waals surface area contributed by atoms with E-state index in [1.807, 2.05) is 29.2 Å². The molecule has 24 heavy (non-hydrogen) atoms. The zero-order valence-electron chi connectivity index (χ0n) is 13.3. The van der Waals surface area contributed by atoms with Crippen LogP contribution >= 0.6 is 34.2 Å². The summed E-state index contributed by atoms with van der Waals surface area (Å²) in [5.74, 6) is 0.925. The average molecular weight is 457 g/mol. The number of carbonyl (C=O) groups excluding carboxylic acids is 1. The van der Waals surface area contributed by atoms with Gasteiger partial charge in [-0.2, -0.15) is 0 Å². The first-order valence-corrected chi connectivity index (χ1v) is 9.18. The van der Waals surface area contributed by atoms with Crippen LogP contribution in [-0.4, -0.2) is 44.1 Å². The second kappa shape index (κ2) is 7.61. The molecule has 3 rings (SSSR count). The van der Waals surface area contributed by atoms with Crippen molar-refractivity contribution in [2.24, 2.45) is 0 Å². The molecule has 1 aliphatic heterocycles. The third-order valence-corrected chi connectivity index (χ3v) is 5.70. The lowest BCUT2D eigenvalue weighted by molar-refractivity contribution is 0.0746. The van der Waals surface area contributed by atoms with Crippen LogP contribution < -0.4 is 9.64 Å². The third kappa shape index (κ3) is 3.62. The average Bonchev–Trinajstić information content (AvgIpc) is 2.63. The maximum absolute atomic E-state index is 12.7. The Morgan fingerprint density at radius 2 is 1.83 bits per heavy atom. The summed E-state index contributed by atoms with van der Waals surface area (Å²) < 4.78 is 6.33. The molecule has 1 heterocycles. The van der Waals surface area contributed by atoms with E-state index in [1.54, 1.807) is 19.2 Å². The molecule has 0 atom stereocenters. The molecule has 4 nitrogen and oxygen atoms in total. The Morgan fingerprint density at radius 3 is 2.50 bits per heavy atom. The van der Waals surface area contributed by atoms with Gasteiger partial charge in [0.05, 0.1) is 17.8 Å². The number of benzene rings is 2. The number of nitrogens with zero attached hydrogens (tertiary/aromatic N) is 2. The van der Waals surface area contributed by atoms with E-state index in [2.05, 4.69) is 33.6 Å². The fourth-order valence-electron chi connectivity index (χ4n) is 2.85. The number of hydrogen-bond acceptors (Lipinski definition) is 3. The van der Waals surface area contributed by atoms with E-state index in [1.165, 1.54) is 0 Å². The number of methoxy groups -OCH3 is 1. The molecule has 0 spiro atoms. The van der Waals surface area contributed by atoms with Crippen LogP contribution in [0, 0.1) is 3.57 Å². The lowest BCUT2D eigenvalue weighted by Gasteiger charge is -2.36. The minimum Gasteiger partial charge on any atom is -0.495 e. The van der Waals surface area contributed by atoms with Gasteiger partial charge in [0.15, 0.2) is 0 Å². The number of halogens is 2. The number of carbonyl (C=O) groups is 1. The summed E-state index contributed by atoms with van der Waals surface area (Å²) in [6.45, 7) is 2.96. The molecule has 0 bridgehead atoms. The van der Waals surface area contributed by atoms with Crippen LogP contribution in [0.2, 0.25) is 5.02 Å². The molecule has 0 aromatic heterocycles. The van der Waals surface area contributed by atoms with Gasteiger partial charge < -0.3 is 14.5 Å². The monoisotopic (exact) mass is 456 g/mol. The molecular formula is C18H18ClIN2O2. The van der Waals surface area contributed by atoms with Crippen LogP contribution in [-0.2, 0) is 0 Å². The highest BCUT2D eigenvalue weighted by atomic mass is 127. The minimum atomic E-state index is 0.0595. The topological polar surface area (TPSA) is 32.8 Å². The predicted octanol–water partition coefficient (Wildman–Crippen LogP) is 3.92. The zero-order valence-corrected chi connectivity index (χ0v) is 16.3. The summed E-state index contributed by atoms with van der Waals surface area (Å²) in [6, 6.07) is 13.4. The first-order valence-electron chi connectivity index (χ1n) is 7.72. The Labute approximate surface area is 160 Å². The fraction of sp³-hybridized carbons (Fsp3) is 0.278. The van der Waals surface area contributed by atoms with Crippen molar-refractivity contribution in [1.29, 1.82) is 0 Å². The Morgan fingerprint density at radius 1 is 1.12 bits per heavy atom. The quantitative estimate of drug-likeness (QED) is 0.657. The number of amides is 1. The second-order valence-electron chi connectivity index (χ2n) is 5.58. The highest BCUT2D eigenvalue weighted by molar-refractivity contribution is 14.1. The Kier molecular flexibility index (Phi) is 5.50. The van der Waals surface area contributed by atoms with Gasteiger partial charge in [0, 0.05) is 35.3 Å². The largest absolute Gasteiger partial charge is 0.495 e. The number of piperazine rings is 1. The maximum atomic E-state index is 12.7. The molecular weight excluding hydrogens is 439 g/mol. The number of ether oxygens (including phenoxy) is 1. The van der Waals surface area contributed by atoms with Gasteiger partial charge in [-0.05, 0) is 52.9 Å². The first kappa shape index (κ1) is 17.4. The van der Waals surface area contributed by atoms with E-state index in [9.17, 15) is 4.79 Å². The SMILES string of the molecule is COc1ccccc1N1CCN(C(=O)c2ccc(Cl)c(I)c2)CC1. The molecule has 2 aromatic rings. The summed E-state index contributed by atoms with van der Waals surface area (Å²) in [4.78, 5) is 16.8. The van der Waals surface area contributed by atoms with E-state index < -0.39 is 0 Å². The first-order chi connectivity index (χ1) is 11.6. The molecule has 0 unspecified atom stereocenters. The zero-order chi connectivity index (χ0) is 17.1. The van der Waals surface area contributed by atoms with E-state index in [0.29, 0.717) is 23.7 Å². The highest BCUT2D eigenvalue weighted by Crippen LogP contribution is 2.28. The van der Waals surface area contributed by atoms with Crippen LogP contribution in [0.3, 0.4) is 0 Å². The maximum Gasteiger partial charge on any atom is 0.254 e. The van der Waals surface area contributed by atoms with Crippen molar-refractivity contribution in [3.05, 3.63) is 56.6 Å². The van der Waals surface area contributed by atoms with Crippen molar-refractivity contribution in [3.63, 3.8) is 0 Å². The Bertz CT molecular complexity index is 746. The van der Waals surface area contributed by atoms with Gasteiger partial charge in [-0.1, -0.05) is 23.7 Å². The fourth-order valence-corrected chi connectivity index (χ4v) is 3.49. The van der Waals surface area contributed by atoms with Crippen molar-refractivity contribution in [2.75, 3.05) is 38.2 Å². The molecule has 1 fully saturated rings. The van der Waals surface area contributed by atoms with Gasteiger partial charge in [-0.3, -0.25) is 4.79 Å². The second-order valence-corrected chi connectivity index (χ2v) is 7.15. The van der Waals surface area contributed by atoms with E-state index in [4.69, 9.17) is 16.3 Å². The lowest BCUT2D eigenvalue weighted by Crippen LogP contribution is -2.48. The third-order valence-electron chi connectivity index (χ3n) is 4.16. The molecule has 1 amide bonds. The van der Waals surface area contributed by atoms with Crippen molar-refractivity contribution in [3.8, 4) is 5.75 Å². The van der Waals surface area contributed by atoms with Gasteiger partial charge in [0.1, 0.15) is 5.75 Å². The van der Waals surface area contributed by atoms with Crippen LogP contribution in [0.25, 0.3) is 0 Å². The highest BCUT2D eigenvalue weighted by Gasteiger charge is 2.23. The predicted molar refractivity (Wildman–Crippen MR) is 105 cm³/mol. The lowest BCUT2D eigenvalue weighted by atomic mass is 10.1. The van der Waals surface area contributed by atoms with Gasteiger partial charge in [0.25, 0.3) is 5.91 Å². The van der Waals surface area contributed by atoms with Crippen molar-refractivity contribution in [1.82, 2.24) is 4.90 Å². The molecule has 1 saturated heterocycles. The van der Waals surface area contributed by atoms with Crippen LogP contribution in [0.15, 0.2) is 42.5 Å². The molecule has 2 aromatic carbocycles. The van der Waals surface area contributed by atoms with Gasteiger partial charge >= 0.3 is 0 Å². The molecule has 126 valence electrons. The summed E-state index contributed by atoms with van der Waals surface area (Å²) in [5, 5.41) is 0.674. The van der Waals surface area contributed by atoms with Crippen LogP contribution in [0.1, 0.15) is 10.4 Å². The van der Waals surface area contributed by atoms with E-state index >= 15 is 0 Å². The number of hydrogen-bond donors (Lipinski definition) is 0. The van der Waals surface area contributed by atoms with Crippen LogP contribution in [0.5, 0.6) is 5.75 Å². The summed E-state index contributed by atoms with van der Waals surface area (Å²) >= 11 is 8.18.